The summed E-state index contributed by atoms with van der Waals surface area (Å²) in [5.41, 5.74) is 2.06. The summed E-state index contributed by atoms with van der Waals surface area (Å²) < 4.78 is 2.91. The van der Waals surface area contributed by atoms with Crippen LogP contribution >= 0.6 is 27.5 Å². The van der Waals surface area contributed by atoms with Crippen molar-refractivity contribution in [2.75, 3.05) is 5.32 Å². The molecule has 1 aromatic carbocycles. The van der Waals surface area contributed by atoms with Gasteiger partial charge in [-0.15, -0.1) is 0 Å². The number of aryl methyl sites for hydroxylation is 1. The lowest BCUT2D eigenvalue weighted by Crippen LogP contribution is -1.99. The first-order valence-corrected chi connectivity index (χ1v) is 6.56. The number of benzene rings is 1. The zero-order chi connectivity index (χ0) is 12.3. The third kappa shape index (κ3) is 3.23. The summed E-state index contributed by atoms with van der Waals surface area (Å²) in [6.45, 7) is 3.67. The fraction of sp³-hybridized carbons (Fsp3) is 0.250. The van der Waals surface area contributed by atoms with E-state index in [1.807, 2.05) is 35.3 Å². The molecule has 0 atom stereocenters. The zero-order valence-electron chi connectivity index (χ0n) is 9.45. The highest BCUT2D eigenvalue weighted by molar-refractivity contribution is 9.10. The first-order valence-electron chi connectivity index (χ1n) is 5.39. The summed E-state index contributed by atoms with van der Waals surface area (Å²) in [5.74, 6) is 0. The summed E-state index contributed by atoms with van der Waals surface area (Å²) in [4.78, 5) is 0. The summed E-state index contributed by atoms with van der Waals surface area (Å²) in [5, 5.41) is 8.23. The fourth-order valence-electron chi connectivity index (χ4n) is 1.50. The van der Waals surface area contributed by atoms with Crippen LogP contribution in [0.5, 0.6) is 0 Å². The first kappa shape index (κ1) is 12.5. The van der Waals surface area contributed by atoms with Gasteiger partial charge in [0.1, 0.15) is 0 Å². The van der Waals surface area contributed by atoms with Gasteiger partial charge in [-0.05, 0) is 25.1 Å². The molecule has 0 saturated carbocycles. The lowest BCUT2D eigenvalue weighted by atomic mass is 10.3. The Balaban J connectivity index is 2.04. The number of nitrogens with zero attached hydrogens (tertiary/aromatic N) is 2. The summed E-state index contributed by atoms with van der Waals surface area (Å²) in [6.07, 6.45) is 3.89. The van der Waals surface area contributed by atoms with E-state index < -0.39 is 0 Å². The number of rotatable bonds is 4. The van der Waals surface area contributed by atoms with Gasteiger partial charge in [-0.1, -0.05) is 27.5 Å². The van der Waals surface area contributed by atoms with Gasteiger partial charge in [-0.2, -0.15) is 5.10 Å². The van der Waals surface area contributed by atoms with E-state index in [0.717, 1.165) is 33.8 Å². The lowest BCUT2D eigenvalue weighted by Gasteiger charge is -2.07. The normalized spacial score (nSPS) is 10.5. The molecule has 2 rings (SSSR count). The third-order valence-electron chi connectivity index (χ3n) is 2.42. The minimum Gasteiger partial charge on any atom is -0.380 e. The van der Waals surface area contributed by atoms with Gasteiger partial charge in [0, 0.05) is 29.3 Å². The van der Waals surface area contributed by atoms with Gasteiger partial charge in [0.15, 0.2) is 0 Å². The van der Waals surface area contributed by atoms with Crippen LogP contribution in [0.4, 0.5) is 5.69 Å². The second kappa shape index (κ2) is 5.56. The maximum absolute atomic E-state index is 6.09. The van der Waals surface area contributed by atoms with Crippen molar-refractivity contribution in [2.45, 2.75) is 20.0 Å². The Morgan fingerprint density at radius 1 is 1.47 bits per heavy atom. The van der Waals surface area contributed by atoms with Crippen molar-refractivity contribution in [3.63, 3.8) is 0 Å². The topological polar surface area (TPSA) is 29.9 Å². The molecule has 0 aliphatic rings. The van der Waals surface area contributed by atoms with Crippen molar-refractivity contribution >= 4 is 33.2 Å². The Hall–Kier alpha value is -1.00. The lowest BCUT2D eigenvalue weighted by molar-refractivity contribution is 0.659. The van der Waals surface area contributed by atoms with E-state index in [9.17, 15) is 0 Å². The van der Waals surface area contributed by atoms with E-state index in [4.69, 9.17) is 11.6 Å². The van der Waals surface area contributed by atoms with Crippen LogP contribution in [0.2, 0.25) is 5.02 Å². The van der Waals surface area contributed by atoms with Crippen LogP contribution < -0.4 is 5.32 Å². The number of aromatic nitrogens is 2. The highest BCUT2D eigenvalue weighted by atomic mass is 79.9. The second-order valence-electron chi connectivity index (χ2n) is 3.68. The van der Waals surface area contributed by atoms with Gasteiger partial charge >= 0.3 is 0 Å². The number of nitrogens with one attached hydrogen (secondary N) is 1. The molecule has 2 aromatic rings. The van der Waals surface area contributed by atoms with Crippen molar-refractivity contribution in [3.8, 4) is 0 Å². The number of hydrogen-bond donors (Lipinski definition) is 1. The molecule has 0 aliphatic heterocycles. The fourth-order valence-corrected chi connectivity index (χ4v) is 2.05. The van der Waals surface area contributed by atoms with Crippen molar-refractivity contribution in [2.24, 2.45) is 0 Å². The predicted molar refractivity (Wildman–Crippen MR) is 74.4 cm³/mol. The van der Waals surface area contributed by atoms with Crippen LogP contribution in [0.25, 0.3) is 0 Å². The van der Waals surface area contributed by atoms with Gasteiger partial charge in [-0.25, -0.2) is 0 Å². The Morgan fingerprint density at radius 3 is 3.00 bits per heavy atom. The molecule has 0 bridgehead atoms. The second-order valence-corrected chi connectivity index (χ2v) is 5.00. The van der Waals surface area contributed by atoms with E-state index in [1.165, 1.54) is 0 Å². The van der Waals surface area contributed by atoms with Crippen molar-refractivity contribution in [1.82, 2.24) is 9.78 Å². The number of hydrogen-bond acceptors (Lipinski definition) is 2. The third-order valence-corrected chi connectivity index (χ3v) is 3.24. The number of anilines is 1. The van der Waals surface area contributed by atoms with Crippen molar-refractivity contribution in [1.29, 1.82) is 0 Å². The van der Waals surface area contributed by atoms with E-state index in [-0.39, 0.29) is 0 Å². The molecule has 0 radical (unpaired) electrons. The van der Waals surface area contributed by atoms with Crippen LogP contribution in [-0.4, -0.2) is 9.78 Å². The Morgan fingerprint density at radius 2 is 2.29 bits per heavy atom. The summed E-state index contributed by atoms with van der Waals surface area (Å²) in [6, 6.07) is 5.75. The smallest absolute Gasteiger partial charge is 0.0638 e. The van der Waals surface area contributed by atoms with Crippen LogP contribution in [0.1, 0.15) is 12.5 Å². The SMILES string of the molecule is CCn1cc(CNc2cc(Br)ccc2Cl)cn1. The van der Waals surface area contributed by atoms with E-state index in [0.29, 0.717) is 0 Å². The predicted octanol–water partition coefficient (Wildman–Crippen LogP) is 3.93. The molecule has 0 fully saturated rings. The van der Waals surface area contributed by atoms with Crippen LogP contribution in [0.3, 0.4) is 0 Å². The molecule has 90 valence electrons. The van der Waals surface area contributed by atoms with E-state index >= 15 is 0 Å². The molecule has 17 heavy (non-hydrogen) atoms. The molecule has 1 aromatic heterocycles. The highest BCUT2D eigenvalue weighted by Gasteiger charge is 2.02. The zero-order valence-corrected chi connectivity index (χ0v) is 11.8. The maximum atomic E-state index is 6.09. The summed E-state index contributed by atoms with van der Waals surface area (Å²) >= 11 is 9.51. The molecule has 0 amide bonds. The minimum absolute atomic E-state index is 0.718. The largest absolute Gasteiger partial charge is 0.380 e. The van der Waals surface area contributed by atoms with Crippen LogP contribution in [-0.2, 0) is 13.1 Å². The van der Waals surface area contributed by atoms with Crippen molar-refractivity contribution in [3.05, 3.63) is 45.7 Å². The Bertz CT molecular complexity index is 510. The molecular formula is C12H13BrClN3. The average Bonchev–Trinajstić information content (AvgIpc) is 2.78. The molecule has 1 heterocycles. The first-order chi connectivity index (χ1) is 8.19. The molecule has 0 spiro atoms. The Kier molecular flexibility index (Phi) is 4.07. The van der Waals surface area contributed by atoms with E-state index in [2.05, 4.69) is 33.3 Å². The van der Waals surface area contributed by atoms with Gasteiger partial charge in [0.25, 0.3) is 0 Å². The number of halogens is 2. The van der Waals surface area contributed by atoms with Gasteiger partial charge in [-0.3, -0.25) is 4.68 Å². The van der Waals surface area contributed by atoms with Gasteiger partial charge in [0.05, 0.1) is 16.9 Å². The van der Waals surface area contributed by atoms with E-state index in [1.54, 1.807) is 0 Å². The molecule has 5 heteroatoms. The van der Waals surface area contributed by atoms with Crippen LogP contribution in [0.15, 0.2) is 35.1 Å². The molecule has 0 saturated heterocycles. The van der Waals surface area contributed by atoms with Gasteiger partial charge < -0.3 is 5.32 Å². The Labute approximate surface area is 114 Å². The summed E-state index contributed by atoms with van der Waals surface area (Å²) in [7, 11) is 0. The quantitative estimate of drug-likeness (QED) is 0.926. The molecular weight excluding hydrogens is 302 g/mol. The van der Waals surface area contributed by atoms with Gasteiger partial charge in [0.2, 0.25) is 0 Å². The highest BCUT2D eigenvalue weighted by Crippen LogP contribution is 2.26. The van der Waals surface area contributed by atoms with Crippen molar-refractivity contribution < 1.29 is 0 Å². The molecule has 1 N–H and O–H groups in total. The molecule has 0 aliphatic carbocycles. The average molecular weight is 315 g/mol. The molecule has 0 unspecified atom stereocenters. The standard InChI is InChI=1S/C12H13BrClN3/c1-2-17-8-9(7-16-17)6-15-12-5-10(13)3-4-11(12)14/h3-5,7-8,15H,2,6H2,1H3. The van der Waals surface area contributed by atoms with Crippen LogP contribution in [0, 0.1) is 0 Å². The molecule has 3 nitrogen and oxygen atoms in total. The monoisotopic (exact) mass is 313 g/mol. The maximum Gasteiger partial charge on any atom is 0.0638 e. The minimum atomic E-state index is 0.718.